The molecular weight excluding hydrogens is 461 g/mol. The van der Waals surface area contributed by atoms with Crippen LogP contribution in [0.4, 0.5) is 4.39 Å². The largest absolute Gasteiger partial charge is 0.468 e. The lowest BCUT2D eigenvalue weighted by atomic mass is 10.1. The molecule has 2 heterocycles. The molecule has 0 aliphatic rings. The normalized spacial score (nSPS) is 12.2. The van der Waals surface area contributed by atoms with E-state index in [-0.39, 0.29) is 12.4 Å². The third-order valence-electron chi connectivity index (χ3n) is 5.71. The fourth-order valence-corrected chi connectivity index (χ4v) is 4.02. The van der Waals surface area contributed by atoms with Crippen LogP contribution in [0, 0.1) is 5.82 Å². The van der Waals surface area contributed by atoms with Gasteiger partial charge >= 0.3 is 0 Å². The molecule has 8 heteroatoms. The van der Waals surface area contributed by atoms with Crippen LogP contribution < -0.4 is 4.74 Å². The molecule has 0 fully saturated rings. The molecule has 2 aromatic carbocycles. The summed E-state index contributed by atoms with van der Waals surface area (Å²) in [4.78, 5) is 2.09. The second-order valence-corrected chi connectivity index (χ2v) is 8.45. The standard InChI is InChI=1S/C28H32FN3O4/c1-3-27-26(19-31(17-23(33)20-34-4-2)18-25-11-8-16-35-25)28(36-24-9-6-5-7-10-24)32(30-27)22-14-12-21(29)13-15-22/h5-16,23,33H,3-4,17-20H2,1-2H3. The van der Waals surface area contributed by atoms with Gasteiger partial charge in [0.05, 0.1) is 42.5 Å². The first kappa shape index (κ1) is 25.6. The first-order chi connectivity index (χ1) is 17.6. The van der Waals surface area contributed by atoms with Gasteiger partial charge in [-0.05, 0) is 61.9 Å². The lowest BCUT2D eigenvalue weighted by Gasteiger charge is -2.24. The number of benzene rings is 2. The van der Waals surface area contributed by atoms with Crippen molar-refractivity contribution in [2.45, 2.75) is 39.5 Å². The molecule has 0 aliphatic heterocycles. The topological polar surface area (TPSA) is 72.9 Å². The number of halogens is 1. The molecule has 0 aliphatic carbocycles. The smallest absolute Gasteiger partial charge is 0.227 e. The highest BCUT2D eigenvalue weighted by atomic mass is 19.1. The van der Waals surface area contributed by atoms with Crippen LogP contribution in [0.5, 0.6) is 11.6 Å². The van der Waals surface area contributed by atoms with Gasteiger partial charge in [-0.3, -0.25) is 4.90 Å². The van der Waals surface area contributed by atoms with E-state index >= 15 is 0 Å². The predicted molar refractivity (Wildman–Crippen MR) is 135 cm³/mol. The minimum absolute atomic E-state index is 0.244. The lowest BCUT2D eigenvalue weighted by Crippen LogP contribution is -2.34. The van der Waals surface area contributed by atoms with Crippen molar-refractivity contribution in [1.29, 1.82) is 0 Å². The summed E-state index contributed by atoms with van der Waals surface area (Å²) in [5, 5.41) is 15.4. The second-order valence-electron chi connectivity index (χ2n) is 8.45. The maximum Gasteiger partial charge on any atom is 0.227 e. The molecule has 1 unspecified atom stereocenters. The van der Waals surface area contributed by atoms with E-state index in [0.717, 1.165) is 17.0 Å². The molecule has 36 heavy (non-hydrogen) atoms. The molecule has 2 aromatic heterocycles. The molecule has 7 nitrogen and oxygen atoms in total. The van der Waals surface area contributed by atoms with Crippen LogP contribution in [0.3, 0.4) is 0 Å². The minimum Gasteiger partial charge on any atom is -0.468 e. The molecule has 4 aromatic rings. The molecule has 190 valence electrons. The van der Waals surface area contributed by atoms with Crippen molar-refractivity contribution in [3.8, 4) is 17.3 Å². The highest BCUT2D eigenvalue weighted by molar-refractivity contribution is 5.44. The van der Waals surface area contributed by atoms with E-state index in [1.165, 1.54) is 12.1 Å². The van der Waals surface area contributed by atoms with Crippen LogP contribution in [0.25, 0.3) is 5.69 Å². The number of ether oxygens (including phenoxy) is 2. The van der Waals surface area contributed by atoms with Crippen LogP contribution in [0.1, 0.15) is 30.9 Å². The van der Waals surface area contributed by atoms with E-state index in [1.54, 1.807) is 23.1 Å². The van der Waals surface area contributed by atoms with E-state index in [0.29, 0.717) is 50.0 Å². The Balaban J connectivity index is 1.72. The summed E-state index contributed by atoms with van der Waals surface area (Å²) in [5.41, 5.74) is 2.44. The van der Waals surface area contributed by atoms with Crippen molar-refractivity contribution in [2.75, 3.05) is 19.8 Å². The summed E-state index contributed by atoms with van der Waals surface area (Å²) in [6, 6.07) is 19.4. The van der Waals surface area contributed by atoms with Gasteiger partial charge in [-0.2, -0.15) is 5.10 Å². The van der Waals surface area contributed by atoms with E-state index in [1.807, 2.05) is 56.3 Å². The van der Waals surface area contributed by atoms with Gasteiger partial charge < -0.3 is 19.0 Å². The highest BCUT2D eigenvalue weighted by Gasteiger charge is 2.24. The average molecular weight is 494 g/mol. The Labute approximate surface area is 210 Å². The van der Waals surface area contributed by atoms with Gasteiger partial charge in [0.25, 0.3) is 0 Å². The third kappa shape index (κ3) is 6.60. The number of aryl methyl sites for hydroxylation is 1. The Bertz CT molecular complexity index is 1190. The molecule has 0 radical (unpaired) electrons. The molecule has 0 saturated heterocycles. The summed E-state index contributed by atoms with van der Waals surface area (Å²) < 4.78 is 32.8. The molecule has 0 bridgehead atoms. The SMILES string of the molecule is CCOCC(O)CN(Cc1ccco1)Cc1c(CC)nn(-c2ccc(F)cc2)c1Oc1ccccc1. The number of aromatic nitrogens is 2. The van der Waals surface area contributed by atoms with E-state index < -0.39 is 6.10 Å². The van der Waals surface area contributed by atoms with Crippen LogP contribution in [0.2, 0.25) is 0 Å². The second kappa shape index (κ2) is 12.5. The monoisotopic (exact) mass is 493 g/mol. The number of rotatable bonds is 13. The van der Waals surface area contributed by atoms with Crippen molar-refractivity contribution in [3.63, 3.8) is 0 Å². The summed E-state index contributed by atoms with van der Waals surface area (Å²) in [7, 11) is 0. The van der Waals surface area contributed by atoms with Crippen molar-refractivity contribution in [1.82, 2.24) is 14.7 Å². The van der Waals surface area contributed by atoms with E-state index in [9.17, 15) is 9.50 Å². The summed E-state index contributed by atoms with van der Waals surface area (Å²) >= 11 is 0. The van der Waals surface area contributed by atoms with Gasteiger partial charge in [0.2, 0.25) is 5.88 Å². The highest BCUT2D eigenvalue weighted by Crippen LogP contribution is 2.32. The Morgan fingerprint density at radius 3 is 2.47 bits per heavy atom. The number of aliphatic hydroxyl groups excluding tert-OH is 1. The van der Waals surface area contributed by atoms with Crippen molar-refractivity contribution >= 4 is 0 Å². The van der Waals surface area contributed by atoms with Gasteiger partial charge in [0, 0.05) is 19.7 Å². The maximum atomic E-state index is 13.7. The fourth-order valence-electron chi connectivity index (χ4n) is 4.02. The Kier molecular flexibility index (Phi) is 8.89. The van der Waals surface area contributed by atoms with Gasteiger partial charge in [-0.1, -0.05) is 25.1 Å². The lowest BCUT2D eigenvalue weighted by molar-refractivity contribution is 0.0166. The van der Waals surface area contributed by atoms with Crippen LogP contribution in [0.15, 0.2) is 77.4 Å². The number of aliphatic hydroxyl groups is 1. The maximum absolute atomic E-state index is 13.7. The number of nitrogens with zero attached hydrogens (tertiary/aromatic N) is 3. The zero-order valence-electron chi connectivity index (χ0n) is 20.6. The summed E-state index contributed by atoms with van der Waals surface area (Å²) in [6.07, 6.45) is 1.64. The van der Waals surface area contributed by atoms with Gasteiger partial charge in [0.15, 0.2) is 0 Å². The molecular formula is C28H32FN3O4. The Morgan fingerprint density at radius 2 is 1.81 bits per heavy atom. The Morgan fingerprint density at radius 1 is 1.03 bits per heavy atom. The van der Waals surface area contributed by atoms with Gasteiger partial charge in [0.1, 0.15) is 17.3 Å². The van der Waals surface area contributed by atoms with Crippen molar-refractivity contribution in [3.05, 3.63) is 95.8 Å². The molecule has 1 N–H and O–H groups in total. The third-order valence-corrected chi connectivity index (χ3v) is 5.71. The van der Waals surface area contributed by atoms with E-state index in [2.05, 4.69) is 4.90 Å². The van der Waals surface area contributed by atoms with Gasteiger partial charge in [-0.25, -0.2) is 9.07 Å². The van der Waals surface area contributed by atoms with Crippen LogP contribution >= 0.6 is 0 Å². The molecule has 1 atom stereocenters. The molecule has 0 spiro atoms. The average Bonchev–Trinajstić information content (AvgIpc) is 3.52. The Hall–Kier alpha value is -3.46. The minimum atomic E-state index is -0.671. The molecule has 4 rings (SSSR count). The quantitative estimate of drug-likeness (QED) is 0.270. The summed E-state index contributed by atoms with van der Waals surface area (Å²) in [6.45, 7) is 6.03. The van der Waals surface area contributed by atoms with Crippen LogP contribution in [-0.2, 0) is 24.2 Å². The predicted octanol–water partition coefficient (Wildman–Crippen LogP) is 5.36. The van der Waals surface area contributed by atoms with Gasteiger partial charge in [-0.15, -0.1) is 0 Å². The van der Waals surface area contributed by atoms with Crippen LogP contribution in [-0.4, -0.2) is 45.6 Å². The zero-order valence-corrected chi connectivity index (χ0v) is 20.6. The number of furan rings is 1. The number of hydrogen-bond donors (Lipinski definition) is 1. The molecule has 0 saturated carbocycles. The first-order valence-electron chi connectivity index (χ1n) is 12.2. The van der Waals surface area contributed by atoms with Crippen molar-refractivity contribution in [2.24, 2.45) is 0 Å². The van der Waals surface area contributed by atoms with Crippen molar-refractivity contribution < 1.29 is 23.4 Å². The summed E-state index contributed by atoms with van der Waals surface area (Å²) in [5.74, 6) is 1.68. The first-order valence-corrected chi connectivity index (χ1v) is 12.2. The number of para-hydroxylation sites is 1. The fraction of sp³-hybridized carbons (Fsp3) is 0.321. The number of hydrogen-bond acceptors (Lipinski definition) is 6. The van der Waals surface area contributed by atoms with E-state index in [4.69, 9.17) is 19.0 Å². The zero-order chi connectivity index (χ0) is 25.3. The molecule has 0 amide bonds.